The van der Waals surface area contributed by atoms with Gasteiger partial charge in [-0.1, -0.05) is 234 Å². The molecule has 0 atom stereocenters. The lowest BCUT2D eigenvalue weighted by Crippen LogP contribution is -2.12. The zero-order chi connectivity index (χ0) is 59.9. The van der Waals surface area contributed by atoms with Crippen LogP contribution >= 0.6 is 0 Å². The van der Waals surface area contributed by atoms with E-state index in [0.717, 1.165) is 103 Å². The van der Waals surface area contributed by atoms with Crippen molar-refractivity contribution >= 4 is 11.9 Å². The highest BCUT2D eigenvalue weighted by Crippen LogP contribution is 2.42. The Bertz CT molecular complexity index is 2100. The first kappa shape index (κ1) is 71.0. The van der Waals surface area contributed by atoms with Crippen molar-refractivity contribution in [2.24, 2.45) is 0 Å². The van der Waals surface area contributed by atoms with Crippen molar-refractivity contribution < 1.29 is 47.5 Å². The quantitative estimate of drug-likeness (QED) is 0.0308. The van der Waals surface area contributed by atoms with Crippen LogP contribution in [0.25, 0.3) is 11.4 Å². The largest absolute Gasteiger partial charge is 0.490 e. The number of unbranched alkanes of at least 4 members (excludes halogenated alkanes) is 30. The molecule has 0 bridgehead atoms. The average molecular weight is 1170 g/mol. The second-order valence-electron chi connectivity index (χ2n) is 22.8. The Labute approximate surface area is 509 Å². The molecule has 2 aromatic carbocycles. The first-order valence-corrected chi connectivity index (χ1v) is 33.8. The van der Waals surface area contributed by atoms with Gasteiger partial charge in [-0.2, -0.15) is 0 Å². The molecule has 4 aromatic rings. The van der Waals surface area contributed by atoms with E-state index in [1.807, 2.05) is 0 Å². The van der Waals surface area contributed by atoms with Gasteiger partial charge in [-0.15, -0.1) is 0 Å². The molecule has 0 aliphatic carbocycles. The van der Waals surface area contributed by atoms with E-state index >= 15 is 0 Å². The zero-order valence-corrected chi connectivity index (χ0v) is 53.4. The fourth-order valence-electron chi connectivity index (χ4n) is 10.0. The van der Waals surface area contributed by atoms with Gasteiger partial charge in [0.1, 0.15) is 11.5 Å². The molecule has 12 heteroatoms. The fourth-order valence-corrected chi connectivity index (χ4v) is 10.0. The van der Waals surface area contributed by atoms with Crippen molar-refractivity contribution in [3.8, 4) is 57.4 Å². The third-order valence-corrected chi connectivity index (χ3v) is 15.2. The topological polar surface area (TPSA) is 134 Å². The Kier molecular flexibility index (Phi) is 39.5. The predicted molar refractivity (Wildman–Crippen MR) is 343 cm³/mol. The van der Waals surface area contributed by atoms with Gasteiger partial charge < -0.3 is 37.9 Å². The molecule has 0 spiro atoms. The Hall–Kier alpha value is -5.52. The van der Waals surface area contributed by atoms with Crippen LogP contribution in [-0.4, -0.2) is 61.5 Å². The van der Waals surface area contributed by atoms with Crippen molar-refractivity contribution in [3.05, 3.63) is 72.1 Å². The number of hydrogen-bond donors (Lipinski definition) is 0. The summed E-state index contributed by atoms with van der Waals surface area (Å²) in [5, 5.41) is 0. The molecule has 12 nitrogen and oxygen atoms in total. The second kappa shape index (κ2) is 46.7. The molecule has 2 heterocycles. The molecule has 0 aliphatic rings. The van der Waals surface area contributed by atoms with Crippen molar-refractivity contribution in [1.29, 1.82) is 0 Å². The lowest BCUT2D eigenvalue weighted by Gasteiger charge is -2.19. The van der Waals surface area contributed by atoms with Crippen LogP contribution in [0.2, 0.25) is 0 Å². The van der Waals surface area contributed by atoms with Crippen LogP contribution in [0.15, 0.2) is 60.9 Å². The number of hydrogen-bond acceptors (Lipinski definition) is 12. The van der Waals surface area contributed by atoms with Gasteiger partial charge in [0.25, 0.3) is 0 Å². The number of esters is 2. The summed E-state index contributed by atoms with van der Waals surface area (Å²) in [6.45, 7) is 16.4. The smallest absolute Gasteiger partial charge is 0.343 e. The van der Waals surface area contributed by atoms with Crippen LogP contribution in [-0.2, 0) is 0 Å². The second-order valence-corrected chi connectivity index (χ2v) is 22.8. The molecular formula is C72H112N2O10. The maximum absolute atomic E-state index is 14.3. The molecular weight excluding hydrogens is 1050 g/mol. The van der Waals surface area contributed by atoms with E-state index in [4.69, 9.17) is 37.9 Å². The average Bonchev–Trinajstić information content (AvgIpc) is 3.31. The van der Waals surface area contributed by atoms with Gasteiger partial charge in [-0.3, -0.25) is 9.97 Å². The highest BCUT2D eigenvalue weighted by Gasteiger charge is 2.23. The van der Waals surface area contributed by atoms with Crippen LogP contribution in [0, 0.1) is 0 Å². The summed E-state index contributed by atoms with van der Waals surface area (Å²) in [4.78, 5) is 37.7. The first-order chi connectivity index (χ1) is 41.3. The van der Waals surface area contributed by atoms with Crippen LogP contribution in [0.3, 0.4) is 0 Å². The Balaban J connectivity index is 1.58. The maximum atomic E-state index is 14.3. The van der Waals surface area contributed by atoms with Crippen LogP contribution < -0.4 is 37.9 Å². The lowest BCUT2D eigenvalue weighted by molar-refractivity contribution is 0.0723. The number of ether oxygens (including phenoxy) is 8. The number of pyridine rings is 2. The summed E-state index contributed by atoms with van der Waals surface area (Å²) in [5.41, 5.74) is 1.41. The molecule has 4 rings (SSSR count). The number of benzene rings is 2. The highest BCUT2D eigenvalue weighted by atomic mass is 16.6. The van der Waals surface area contributed by atoms with Gasteiger partial charge in [0, 0.05) is 24.5 Å². The molecule has 470 valence electrons. The van der Waals surface area contributed by atoms with E-state index in [2.05, 4.69) is 51.5 Å². The monoisotopic (exact) mass is 1160 g/mol. The van der Waals surface area contributed by atoms with Gasteiger partial charge in [0.15, 0.2) is 23.0 Å². The molecule has 0 aliphatic heterocycles. The molecule has 0 radical (unpaired) electrons. The van der Waals surface area contributed by atoms with Gasteiger partial charge in [-0.05, 0) is 74.9 Å². The SMILES string of the molecule is CCCCCCCCOc1cc(C(=O)Oc2ccnc(-c3cc(OC(=O)c4cc(OCCCCCCCC)c(OCCCCCCCC)c(OCCCCCCCC)c4)ccn3)c2)cc(OCCCCCCCC)c1OCCCCCCCC. The van der Waals surface area contributed by atoms with Crippen LogP contribution in [0.4, 0.5) is 0 Å². The van der Waals surface area contributed by atoms with Crippen LogP contribution in [0.1, 0.15) is 293 Å². The number of nitrogens with zero attached hydrogens (tertiary/aromatic N) is 2. The Morgan fingerprint density at radius 1 is 0.298 bits per heavy atom. The summed E-state index contributed by atoms with van der Waals surface area (Å²) in [5.74, 6) is 2.37. The molecule has 0 unspecified atom stereocenters. The summed E-state index contributed by atoms with van der Waals surface area (Å²) in [6, 6.07) is 13.5. The van der Waals surface area contributed by atoms with E-state index in [1.165, 1.54) is 128 Å². The Morgan fingerprint density at radius 2 is 0.524 bits per heavy atom. The summed E-state index contributed by atoms with van der Waals surface area (Å²) in [7, 11) is 0. The van der Waals surface area contributed by atoms with E-state index in [9.17, 15) is 9.59 Å². The van der Waals surface area contributed by atoms with E-state index in [1.54, 1.807) is 60.9 Å². The van der Waals surface area contributed by atoms with Gasteiger partial charge >= 0.3 is 11.9 Å². The standard InChI is InChI=1S/C72H112N2O10/c1-7-13-19-25-31-37-47-77-65-53-59(54-66(78-48-38-32-26-20-14-8-2)69(65)81-51-41-35-29-23-17-11-5)71(75)83-61-43-45-73-63(57-61)64-58-62(44-46-74-64)84-72(76)60-55-67(79-49-39-33-27-21-15-9-3)70(82-52-42-36-30-24-18-12-6)68(56-60)80-50-40-34-28-22-16-10-4/h43-46,53-58H,7-42,47-52H2,1-6H3. The van der Waals surface area contributed by atoms with E-state index < -0.39 is 11.9 Å². The molecule has 2 aromatic heterocycles. The lowest BCUT2D eigenvalue weighted by atomic mass is 10.1. The maximum Gasteiger partial charge on any atom is 0.343 e. The zero-order valence-electron chi connectivity index (χ0n) is 53.4. The highest BCUT2D eigenvalue weighted by molar-refractivity contribution is 5.93. The van der Waals surface area contributed by atoms with Crippen molar-refractivity contribution in [1.82, 2.24) is 9.97 Å². The minimum absolute atomic E-state index is 0.266. The third-order valence-electron chi connectivity index (χ3n) is 15.2. The number of carbonyl (C=O) groups excluding carboxylic acids is 2. The minimum Gasteiger partial charge on any atom is -0.490 e. The van der Waals surface area contributed by atoms with Crippen molar-refractivity contribution in [2.75, 3.05) is 39.6 Å². The summed E-state index contributed by atoms with van der Waals surface area (Å²) in [6.07, 6.45) is 43.9. The van der Waals surface area contributed by atoms with E-state index in [-0.39, 0.29) is 22.6 Å². The molecule has 0 N–H and O–H groups in total. The molecule has 0 amide bonds. The normalized spacial score (nSPS) is 11.2. The van der Waals surface area contributed by atoms with Gasteiger partial charge in [-0.25, -0.2) is 9.59 Å². The van der Waals surface area contributed by atoms with E-state index in [0.29, 0.717) is 85.5 Å². The Morgan fingerprint density at radius 3 is 0.774 bits per heavy atom. The summed E-state index contributed by atoms with van der Waals surface area (Å²) < 4.78 is 51.1. The minimum atomic E-state index is -0.580. The molecule has 0 saturated carbocycles. The number of aromatic nitrogens is 2. The van der Waals surface area contributed by atoms with Gasteiger partial charge in [0.05, 0.1) is 62.2 Å². The predicted octanol–water partition coefficient (Wildman–Crippen LogP) is 21.0. The first-order valence-electron chi connectivity index (χ1n) is 33.8. The molecule has 0 fully saturated rings. The van der Waals surface area contributed by atoms with Crippen molar-refractivity contribution in [2.45, 2.75) is 273 Å². The summed E-state index contributed by atoms with van der Waals surface area (Å²) >= 11 is 0. The molecule has 84 heavy (non-hydrogen) atoms. The number of rotatable bonds is 53. The van der Waals surface area contributed by atoms with Crippen LogP contribution in [0.5, 0.6) is 46.0 Å². The van der Waals surface area contributed by atoms with Gasteiger partial charge in [0.2, 0.25) is 11.5 Å². The third kappa shape index (κ3) is 30.0. The number of carbonyl (C=O) groups is 2. The van der Waals surface area contributed by atoms with Crippen molar-refractivity contribution in [3.63, 3.8) is 0 Å². The molecule has 0 saturated heterocycles. The fraction of sp³-hybridized carbons (Fsp3) is 0.667.